The van der Waals surface area contributed by atoms with Gasteiger partial charge in [-0.1, -0.05) is 15.9 Å². The second-order valence-corrected chi connectivity index (χ2v) is 4.86. The number of hydrogen-bond donors (Lipinski definition) is 1. The molecule has 7 heteroatoms. The van der Waals surface area contributed by atoms with Crippen molar-refractivity contribution in [1.29, 1.82) is 0 Å². The summed E-state index contributed by atoms with van der Waals surface area (Å²) in [5.41, 5.74) is 0.717. The minimum atomic E-state index is -1.07. The number of carbonyl (C=O) groups is 1. The van der Waals surface area contributed by atoms with E-state index in [1.54, 1.807) is 35.1 Å². The van der Waals surface area contributed by atoms with Gasteiger partial charge in [0, 0.05) is 16.9 Å². The lowest BCUT2D eigenvalue weighted by Crippen LogP contribution is -2.01. The van der Waals surface area contributed by atoms with E-state index >= 15 is 0 Å². The number of halogens is 1. The van der Waals surface area contributed by atoms with Crippen LogP contribution in [0, 0.1) is 0 Å². The number of carboxylic acids is 1. The first-order chi connectivity index (χ1) is 9.65. The number of carboxylic acid groups (broad SMARTS) is 1. The Labute approximate surface area is 121 Å². The summed E-state index contributed by atoms with van der Waals surface area (Å²) < 4.78 is 7.89. The molecule has 1 aromatic carbocycles. The van der Waals surface area contributed by atoms with Gasteiger partial charge in [0.25, 0.3) is 0 Å². The minimum absolute atomic E-state index is 0.0580. The fourth-order valence-corrected chi connectivity index (χ4v) is 2.13. The van der Waals surface area contributed by atoms with Crippen LogP contribution in [0.5, 0.6) is 11.6 Å². The van der Waals surface area contributed by atoms with Gasteiger partial charge in [-0.05, 0) is 24.3 Å². The highest BCUT2D eigenvalue weighted by atomic mass is 79.9. The molecule has 100 valence electrons. The molecule has 0 bridgehead atoms. The fraction of sp³-hybridized carbons (Fsp3) is 0. The van der Waals surface area contributed by atoms with Gasteiger partial charge < -0.3 is 9.84 Å². The van der Waals surface area contributed by atoms with Gasteiger partial charge in [-0.25, -0.2) is 14.3 Å². The zero-order valence-corrected chi connectivity index (χ0v) is 11.6. The summed E-state index contributed by atoms with van der Waals surface area (Å²) in [6, 6.07) is 6.50. The number of aromatic nitrogens is 3. The summed E-state index contributed by atoms with van der Waals surface area (Å²) in [7, 11) is 0. The van der Waals surface area contributed by atoms with Crippen LogP contribution >= 0.6 is 15.9 Å². The summed E-state index contributed by atoms with van der Waals surface area (Å²) in [6.45, 7) is 0. The van der Waals surface area contributed by atoms with E-state index in [0.717, 1.165) is 0 Å². The molecule has 3 aromatic rings. The van der Waals surface area contributed by atoms with Crippen LogP contribution < -0.4 is 4.74 Å². The first kappa shape index (κ1) is 12.6. The lowest BCUT2D eigenvalue weighted by molar-refractivity contribution is 0.0694. The Morgan fingerprint density at radius 2 is 2.15 bits per heavy atom. The average molecular weight is 334 g/mol. The third-order valence-corrected chi connectivity index (χ3v) is 3.16. The third-order valence-electron chi connectivity index (χ3n) is 2.67. The summed E-state index contributed by atoms with van der Waals surface area (Å²) in [4.78, 5) is 15.3. The lowest BCUT2D eigenvalue weighted by Gasteiger charge is -2.09. The van der Waals surface area contributed by atoms with E-state index in [-0.39, 0.29) is 11.3 Å². The molecular weight excluding hydrogens is 326 g/mol. The van der Waals surface area contributed by atoms with Crippen molar-refractivity contribution >= 4 is 27.4 Å². The summed E-state index contributed by atoms with van der Waals surface area (Å²) in [5.74, 6) is -0.543. The van der Waals surface area contributed by atoms with E-state index < -0.39 is 5.97 Å². The Morgan fingerprint density at radius 3 is 2.95 bits per heavy atom. The van der Waals surface area contributed by atoms with Crippen LogP contribution in [-0.4, -0.2) is 25.7 Å². The Hall–Kier alpha value is -2.41. The van der Waals surface area contributed by atoms with Crippen molar-refractivity contribution in [2.75, 3.05) is 0 Å². The SMILES string of the molecule is O=C(O)c1cc(Br)ccc1Oc1nccn2nccc12. The number of ether oxygens (including phenoxy) is 1. The quantitative estimate of drug-likeness (QED) is 0.797. The Bertz CT molecular complexity index is 800. The molecule has 0 saturated carbocycles. The topological polar surface area (TPSA) is 76.7 Å². The predicted molar refractivity (Wildman–Crippen MR) is 74.2 cm³/mol. The van der Waals surface area contributed by atoms with Gasteiger partial charge >= 0.3 is 5.97 Å². The molecule has 0 fully saturated rings. The van der Waals surface area contributed by atoms with E-state index in [0.29, 0.717) is 15.9 Å². The number of aromatic carboxylic acids is 1. The number of nitrogens with zero attached hydrogens (tertiary/aromatic N) is 3. The number of hydrogen-bond acceptors (Lipinski definition) is 4. The van der Waals surface area contributed by atoms with Crippen LogP contribution in [0.25, 0.3) is 5.52 Å². The first-order valence-electron chi connectivity index (χ1n) is 5.64. The summed E-state index contributed by atoms with van der Waals surface area (Å²) in [5, 5.41) is 13.3. The van der Waals surface area contributed by atoms with Crippen LogP contribution in [0.4, 0.5) is 0 Å². The van der Waals surface area contributed by atoms with E-state index in [1.807, 2.05) is 0 Å². The molecule has 0 aliphatic heterocycles. The maximum Gasteiger partial charge on any atom is 0.339 e. The van der Waals surface area contributed by atoms with Crippen LogP contribution in [0.15, 0.2) is 47.3 Å². The Balaban J connectivity index is 2.07. The standard InChI is InChI=1S/C13H8BrN3O3/c14-8-1-2-11(9(7-8)13(18)19)20-12-10-3-4-16-17(10)6-5-15-12/h1-7H,(H,18,19). The summed E-state index contributed by atoms with van der Waals surface area (Å²) in [6.07, 6.45) is 4.83. The molecule has 0 saturated heterocycles. The van der Waals surface area contributed by atoms with Crippen LogP contribution in [-0.2, 0) is 0 Å². The molecule has 2 heterocycles. The smallest absolute Gasteiger partial charge is 0.339 e. The highest BCUT2D eigenvalue weighted by molar-refractivity contribution is 9.10. The van der Waals surface area contributed by atoms with E-state index in [2.05, 4.69) is 26.0 Å². The molecule has 2 aromatic heterocycles. The van der Waals surface area contributed by atoms with E-state index in [4.69, 9.17) is 4.74 Å². The normalized spacial score (nSPS) is 10.7. The summed E-state index contributed by atoms with van der Waals surface area (Å²) >= 11 is 3.23. The monoisotopic (exact) mass is 333 g/mol. The van der Waals surface area contributed by atoms with Crippen LogP contribution in [0.2, 0.25) is 0 Å². The van der Waals surface area contributed by atoms with Crippen molar-refractivity contribution in [2.45, 2.75) is 0 Å². The molecule has 1 N–H and O–H groups in total. The second-order valence-electron chi connectivity index (χ2n) is 3.94. The van der Waals surface area contributed by atoms with Gasteiger partial charge in [0.05, 0.1) is 6.20 Å². The zero-order chi connectivity index (χ0) is 14.1. The molecule has 0 aliphatic carbocycles. The molecule has 0 aliphatic rings. The van der Waals surface area contributed by atoms with Crippen LogP contribution in [0.3, 0.4) is 0 Å². The van der Waals surface area contributed by atoms with Gasteiger partial charge in [-0.3, -0.25) is 0 Å². The highest BCUT2D eigenvalue weighted by Gasteiger charge is 2.14. The Kier molecular flexibility index (Phi) is 3.11. The predicted octanol–water partition coefficient (Wildman–Crippen LogP) is 2.98. The van der Waals surface area contributed by atoms with Crippen molar-refractivity contribution in [3.8, 4) is 11.6 Å². The minimum Gasteiger partial charge on any atom is -0.478 e. The van der Waals surface area contributed by atoms with E-state index in [9.17, 15) is 9.90 Å². The third kappa shape index (κ3) is 2.23. The van der Waals surface area contributed by atoms with Crippen molar-refractivity contribution in [3.05, 3.63) is 52.9 Å². The van der Waals surface area contributed by atoms with Crippen LogP contribution in [0.1, 0.15) is 10.4 Å². The maximum atomic E-state index is 11.2. The molecule has 0 spiro atoms. The molecule has 3 rings (SSSR count). The molecule has 6 nitrogen and oxygen atoms in total. The second kappa shape index (κ2) is 4.93. The van der Waals surface area contributed by atoms with Gasteiger partial charge in [0.1, 0.15) is 16.8 Å². The van der Waals surface area contributed by atoms with Crippen molar-refractivity contribution < 1.29 is 14.6 Å². The van der Waals surface area contributed by atoms with E-state index in [1.165, 1.54) is 12.3 Å². The number of benzene rings is 1. The van der Waals surface area contributed by atoms with Gasteiger partial charge in [-0.15, -0.1) is 0 Å². The number of fused-ring (bicyclic) bond motifs is 1. The molecule has 0 unspecified atom stereocenters. The van der Waals surface area contributed by atoms with Crippen molar-refractivity contribution in [2.24, 2.45) is 0 Å². The molecule has 0 amide bonds. The molecule has 0 radical (unpaired) electrons. The molecule has 0 atom stereocenters. The molecule has 20 heavy (non-hydrogen) atoms. The van der Waals surface area contributed by atoms with Gasteiger partial charge in [0.2, 0.25) is 5.88 Å². The zero-order valence-electron chi connectivity index (χ0n) is 10.0. The largest absolute Gasteiger partial charge is 0.478 e. The Morgan fingerprint density at radius 1 is 1.30 bits per heavy atom. The van der Waals surface area contributed by atoms with Gasteiger partial charge in [-0.2, -0.15) is 5.10 Å². The first-order valence-corrected chi connectivity index (χ1v) is 6.43. The van der Waals surface area contributed by atoms with Crippen molar-refractivity contribution in [1.82, 2.24) is 14.6 Å². The fourth-order valence-electron chi connectivity index (χ4n) is 1.77. The molecular formula is C13H8BrN3O3. The average Bonchev–Trinajstić information content (AvgIpc) is 2.90. The van der Waals surface area contributed by atoms with Gasteiger partial charge in [0.15, 0.2) is 0 Å². The lowest BCUT2D eigenvalue weighted by atomic mass is 10.2. The number of rotatable bonds is 3. The van der Waals surface area contributed by atoms with Crippen molar-refractivity contribution in [3.63, 3.8) is 0 Å². The highest BCUT2D eigenvalue weighted by Crippen LogP contribution is 2.29. The maximum absolute atomic E-state index is 11.2.